The zero-order valence-electron chi connectivity index (χ0n) is 15.3. The summed E-state index contributed by atoms with van der Waals surface area (Å²) in [4.78, 5) is 20.4. The standard InChI is InChI=1S/C20H15BrF3N5O/c21-12-2-4-13(5-3-12)26-18(30)11-1-6-16-17(9-11)29-19(28-16)27-15-7-8-25-10-14(15)20(22,23)24/h1-5,7-10,16H,6H2,(H,26,30)(H2,25,27,28,29). The monoisotopic (exact) mass is 477 g/mol. The fourth-order valence-corrected chi connectivity index (χ4v) is 3.33. The molecule has 0 radical (unpaired) electrons. The lowest BCUT2D eigenvalue weighted by molar-refractivity contribution is -0.137. The topological polar surface area (TPSA) is 78.4 Å². The van der Waals surface area contributed by atoms with Crippen molar-refractivity contribution in [1.29, 1.82) is 0 Å². The number of aromatic nitrogens is 1. The van der Waals surface area contributed by atoms with E-state index >= 15 is 0 Å². The second-order valence-electron chi connectivity index (χ2n) is 6.63. The van der Waals surface area contributed by atoms with Gasteiger partial charge in [-0.15, -0.1) is 0 Å². The Bertz CT molecular complexity index is 1080. The van der Waals surface area contributed by atoms with Crippen molar-refractivity contribution in [2.75, 3.05) is 10.6 Å². The second-order valence-corrected chi connectivity index (χ2v) is 7.54. The lowest BCUT2D eigenvalue weighted by Crippen LogP contribution is -2.35. The van der Waals surface area contributed by atoms with Crippen LogP contribution in [0, 0.1) is 0 Å². The predicted molar refractivity (Wildman–Crippen MR) is 111 cm³/mol. The smallest absolute Gasteiger partial charge is 0.347 e. The van der Waals surface area contributed by atoms with Gasteiger partial charge in [0.25, 0.3) is 5.91 Å². The van der Waals surface area contributed by atoms with Crippen LogP contribution in [0.4, 0.5) is 24.5 Å². The number of anilines is 2. The van der Waals surface area contributed by atoms with Crippen molar-refractivity contribution in [1.82, 2.24) is 10.3 Å². The molecule has 1 aromatic carbocycles. The summed E-state index contributed by atoms with van der Waals surface area (Å²) < 4.78 is 40.4. The van der Waals surface area contributed by atoms with E-state index in [1.165, 1.54) is 12.3 Å². The number of rotatable bonds is 3. The molecule has 1 aromatic heterocycles. The molecule has 0 bridgehead atoms. The summed E-state index contributed by atoms with van der Waals surface area (Å²) in [6.45, 7) is 0. The van der Waals surface area contributed by atoms with Gasteiger partial charge in [-0.25, -0.2) is 4.99 Å². The number of guanidine groups is 1. The van der Waals surface area contributed by atoms with Crippen LogP contribution >= 0.6 is 15.9 Å². The quantitative estimate of drug-likeness (QED) is 0.609. The van der Waals surface area contributed by atoms with Gasteiger partial charge in [0.05, 0.1) is 23.0 Å². The van der Waals surface area contributed by atoms with Crippen LogP contribution in [0.1, 0.15) is 12.0 Å². The van der Waals surface area contributed by atoms with E-state index in [0.717, 1.165) is 10.7 Å². The van der Waals surface area contributed by atoms with E-state index in [0.29, 0.717) is 23.4 Å². The van der Waals surface area contributed by atoms with Gasteiger partial charge in [-0.3, -0.25) is 9.78 Å². The molecule has 1 amide bonds. The Morgan fingerprint density at radius 3 is 2.70 bits per heavy atom. The zero-order valence-corrected chi connectivity index (χ0v) is 16.9. The molecule has 0 fully saturated rings. The largest absolute Gasteiger partial charge is 0.419 e. The first kappa shape index (κ1) is 20.1. The number of halogens is 4. The third-order valence-electron chi connectivity index (χ3n) is 4.53. The maximum absolute atomic E-state index is 13.2. The highest BCUT2D eigenvalue weighted by molar-refractivity contribution is 9.10. The molecule has 10 heteroatoms. The first-order chi connectivity index (χ1) is 14.3. The number of nitrogens with zero attached hydrogens (tertiary/aromatic N) is 2. The summed E-state index contributed by atoms with van der Waals surface area (Å²) in [5, 5.41) is 8.51. The van der Waals surface area contributed by atoms with Crippen molar-refractivity contribution in [2.45, 2.75) is 18.6 Å². The molecule has 30 heavy (non-hydrogen) atoms. The molecule has 0 saturated heterocycles. The highest BCUT2D eigenvalue weighted by Crippen LogP contribution is 2.34. The minimum absolute atomic E-state index is 0.149. The third kappa shape index (κ3) is 4.38. The second kappa shape index (κ2) is 7.94. The van der Waals surface area contributed by atoms with Crippen LogP contribution in [0.3, 0.4) is 0 Å². The Morgan fingerprint density at radius 2 is 1.97 bits per heavy atom. The van der Waals surface area contributed by atoms with E-state index in [1.807, 2.05) is 12.1 Å². The number of pyridine rings is 1. The molecule has 1 aliphatic heterocycles. The molecule has 1 atom stereocenters. The number of hydrogen-bond acceptors (Lipinski definition) is 5. The average molecular weight is 478 g/mol. The molecular weight excluding hydrogens is 463 g/mol. The van der Waals surface area contributed by atoms with Crippen molar-refractivity contribution in [2.24, 2.45) is 4.99 Å². The first-order valence-electron chi connectivity index (χ1n) is 8.92. The SMILES string of the molecule is O=C(Nc1ccc(Br)cc1)C1=CCC2NC(Nc3ccncc3C(F)(F)F)=NC2=C1. The first-order valence-corrected chi connectivity index (χ1v) is 9.71. The van der Waals surface area contributed by atoms with Gasteiger partial charge >= 0.3 is 6.18 Å². The van der Waals surface area contributed by atoms with Gasteiger partial charge in [-0.1, -0.05) is 22.0 Å². The van der Waals surface area contributed by atoms with Crippen molar-refractivity contribution >= 4 is 39.2 Å². The van der Waals surface area contributed by atoms with Gasteiger partial charge < -0.3 is 16.0 Å². The van der Waals surface area contributed by atoms with Gasteiger partial charge in [0.15, 0.2) is 0 Å². The van der Waals surface area contributed by atoms with Crippen LogP contribution in [-0.4, -0.2) is 22.9 Å². The van der Waals surface area contributed by atoms with E-state index in [2.05, 4.69) is 41.9 Å². The maximum atomic E-state index is 13.2. The Morgan fingerprint density at radius 1 is 1.20 bits per heavy atom. The van der Waals surface area contributed by atoms with Crippen LogP contribution in [0.15, 0.2) is 75.6 Å². The number of aliphatic imine (C=N–C) groups is 1. The summed E-state index contributed by atoms with van der Waals surface area (Å²) >= 11 is 3.34. The number of benzene rings is 1. The molecule has 154 valence electrons. The number of amides is 1. The van der Waals surface area contributed by atoms with Gasteiger partial charge in [0.1, 0.15) is 0 Å². The van der Waals surface area contributed by atoms with Crippen LogP contribution in [0.5, 0.6) is 0 Å². The van der Waals surface area contributed by atoms with Gasteiger partial charge in [-0.05, 0) is 42.8 Å². The Balaban J connectivity index is 1.49. The van der Waals surface area contributed by atoms with E-state index in [1.54, 1.807) is 24.3 Å². The van der Waals surface area contributed by atoms with Gasteiger partial charge in [-0.2, -0.15) is 13.2 Å². The molecule has 1 unspecified atom stereocenters. The molecule has 0 saturated carbocycles. The molecule has 4 rings (SSSR count). The fraction of sp³-hybridized carbons (Fsp3) is 0.150. The van der Waals surface area contributed by atoms with Gasteiger partial charge in [0.2, 0.25) is 5.96 Å². The number of carbonyl (C=O) groups excluding carboxylic acids is 1. The number of fused-ring (bicyclic) bond motifs is 1. The molecular formula is C20H15BrF3N5O. The van der Waals surface area contributed by atoms with Crippen LogP contribution in [0.2, 0.25) is 0 Å². The van der Waals surface area contributed by atoms with Crippen LogP contribution in [0.25, 0.3) is 0 Å². The summed E-state index contributed by atoms with van der Waals surface area (Å²) in [6, 6.07) is 8.19. The van der Waals surface area contributed by atoms with Crippen LogP contribution in [-0.2, 0) is 11.0 Å². The molecule has 2 aliphatic rings. The highest BCUT2D eigenvalue weighted by Gasteiger charge is 2.35. The lowest BCUT2D eigenvalue weighted by Gasteiger charge is -2.17. The molecule has 0 spiro atoms. The summed E-state index contributed by atoms with van der Waals surface area (Å²) in [7, 11) is 0. The van der Waals surface area contributed by atoms with Crippen molar-refractivity contribution in [3.8, 4) is 0 Å². The number of alkyl halides is 3. The Labute approximate surface area is 178 Å². The lowest BCUT2D eigenvalue weighted by atomic mass is 10.00. The third-order valence-corrected chi connectivity index (χ3v) is 5.06. The maximum Gasteiger partial charge on any atom is 0.419 e. The number of carbonyl (C=O) groups is 1. The zero-order chi connectivity index (χ0) is 21.3. The molecule has 6 nitrogen and oxygen atoms in total. The van der Waals surface area contributed by atoms with Crippen LogP contribution < -0.4 is 16.0 Å². The van der Waals surface area contributed by atoms with E-state index in [9.17, 15) is 18.0 Å². The van der Waals surface area contributed by atoms with Gasteiger partial charge in [0, 0.05) is 28.1 Å². The fourth-order valence-electron chi connectivity index (χ4n) is 3.07. The summed E-state index contributed by atoms with van der Waals surface area (Å²) in [5.41, 5.74) is 0.632. The molecule has 2 aromatic rings. The molecule has 3 N–H and O–H groups in total. The molecule has 1 aliphatic carbocycles. The minimum atomic E-state index is -4.54. The Kier molecular flexibility index (Phi) is 5.33. The van der Waals surface area contributed by atoms with Crippen molar-refractivity contribution in [3.63, 3.8) is 0 Å². The number of nitrogens with one attached hydrogen (secondary N) is 3. The average Bonchev–Trinajstić information content (AvgIpc) is 3.10. The van der Waals surface area contributed by atoms with Crippen molar-refractivity contribution in [3.05, 3.63) is 76.2 Å². The minimum Gasteiger partial charge on any atom is -0.347 e. The number of hydrogen-bond donors (Lipinski definition) is 3. The summed E-state index contributed by atoms with van der Waals surface area (Å²) in [6.07, 6.45) is 1.36. The highest BCUT2D eigenvalue weighted by atomic mass is 79.9. The van der Waals surface area contributed by atoms with E-state index in [4.69, 9.17) is 0 Å². The summed E-state index contributed by atoms with van der Waals surface area (Å²) in [5.74, 6) is -0.0979. The molecule has 2 heterocycles. The predicted octanol–water partition coefficient (Wildman–Crippen LogP) is 4.46. The van der Waals surface area contributed by atoms with E-state index < -0.39 is 11.7 Å². The van der Waals surface area contributed by atoms with E-state index in [-0.39, 0.29) is 23.6 Å². The normalized spacial score (nSPS) is 17.9. The van der Waals surface area contributed by atoms with Crippen molar-refractivity contribution < 1.29 is 18.0 Å². The Hall–Kier alpha value is -3.14.